The lowest BCUT2D eigenvalue weighted by Gasteiger charge is -2.35. The molecule has 16 heavy (non-hydrogen) atoms. The number of rotatable bonds is 5. The molecular formula is C13H20O2S. The molecule has 2 nitrogen and oxygen atoms in total. The molecular weight excluding hydrogens is 220 g/mol. The van der Waals surface area contributed by atoms with Crippen molar-refractivity contribution in [2.24, 2.45) is 11.3 Å². The van der Waals surface area contributed by atoms with Crippen LogP contribution in [0.15, 0.2) is 17.5 Å². The molecule has 0 unspecified atom stereocenters. The molecule has 1 aliphatic carbocycles. The number of hydrogen-bond acceptors (Lipinski definition) is 3. The van der Waals surface area contributed by atoms with Crippen molar-refractivity contribution in [3.05, 3.63) is 22.4 Å². The first-order valence-electron chi connectivity index (χ1n) is 6.05. The Kier molecular flexibility index (Phi) is 4.00. The van der Waals surface area contributed by atoms with Gasteiger partial charge in [-0.3, -0.25) is 0 Å². The first-order chi connectivity index (χ1) is 7.80. The Hall–Kier alpha value is -0.380. The summed E-state index contributed by atoms with van der Waals surface area (Å²) in [5.41, 5.74) is -0.290. The smallest absolute Gasteiger partial charge is 0.0515 e. The molecule has 0 atom stereocenters. The van der Waals surface area contributed by atoms with Crippen LogP contribution < -0.4 is 0 Å². The maximum atomic E-state index is 9.68. The van der Waals surface area contributed by atoms with E-state index in [1.165, 1.54) is 17.7 Å². The third-order valence-electron chi connectivity index (χ3n) is 3.96. The first kappa shape index (κ1) is 12.1. The summed E-state index contributed by atoms with van der Waals surface area (Å²) in [4.78, 5) is 1.27. The summed E-state index contributed by atoms with van der Waals surface area (Å²) >= 11 is 1.72. The van der Waals surface area contributed by atoms with Crippen LogP contribution in [0.2, 0.25) is 0 Å². The van der Waals surface area contributed by atoms with E-state index in [1.54, 1.807) is 11.3 Å². The lowest BCUT2D eigenvalue weighted by atomic mass is 9.72. The summed E-state index contributed by atoms with van der Waals surface area (Å²) in [6.45, 7) is 0.206. The average Bonchev–Trinajstić information content (AvgIpc) is 2.99. The minimum Gasteiger partial charge on any atom is -0.396 e. The van der Waals surface area contributed by atoms with Crippen LogP contribution in [0.3, 0.4) is 0 Å². The van der Waals surface area contributed by atoms with Crippen LogP contribution in [0.4, 0.5) is 0 Å². The fourth-order valence-electron chi connectivity index (χ4n) is 2.86. The van der Waals surface area contributed by atoms with Crippen molar-refractivity contribution in [2.75, 3.05) is 13.2 Å². The second-order valence-electron chi connectivity index (χ2n) is 4.92. The zero-order chi connectivity index (χ0) is 11.4. The fraction of sp³-hybridized carbons (Fsp3) is 0.692. The second-order valence-corrected chi connectivity index (χ2v) is 5.95. The van der Waals surface area contributed by atoms with Gasteiger partial charge in [-0.15, -0.1) is 11.3 Å². The Labute approximate surface area is 101 Å². The second kappa shape index (κ2) is 5.30. The van der Waals surface area contributed by atoms with Crippen LogP contribution in [0, 0.1) is 11.3 Å². The van der Waals surface area contributed by atoms with Gasteiger partial charge >= 0.3 is 0 Å². The van der Waals surface area contributed by atoms with E-state index in [2.05, 4.69) is 11.4 Å². The van der Waals surface area contributed by atoms with Gasteiger partial charge in [-0.2, -0.15) is 0 Å². The van der Waals surface area contributed by atoms with Crippen LogP contribution in [0.25, 0.3) is 0 Å². The molecule has 1 aromatic rings. The van der Waals surface area contributed by atoms with E-state index in [0.717, 1.165) is 19.3 Å². The number of aliphatic hydroxyl groups excluding tert-OH is 2. The molecule has 0 aromatic carbocycles. The van der Waals surface area contributed by atoms with Crippen LogP contribution in [0.1, 0.15) is 30.6 Å². The summed E-state index contributed by atoms with van der Waals surface area (Å²) in [6.07, 6.45) is 5.63. The van der Waals surface area contributed by atoms with Gasteiger partial charge in [0.15, 0.2) is 0 Å². The molecule has 1 saturated carbocycles. The van der Waals surface area contributed by atoms with E-state index < -0.39 is 0 Å². The van der Waals surface area contributed by atoms with Crippen molar-refractivity contribution in [3.8, 4) is 0 Å². The number of aliphatic hydroxyl groups is 2. The van der Waals surface area contributed by atoms with Gasteiger partial charge in [0.25, 0.3) is 0 Å². The normalized spacial score (nSPS) is 18.1. The Morgan fingerprint density at radius 2 is 1.94 bits per heavy atom. The van der Waals surface area contributed by atoms with Gasteiger partial charge in [-0.25, -0.2) is 0 Å². The molecule has 1 aliphatic rings. The zero-order valence-electron chi connectivity index (χ0n) is 9.56. The van der Waals surface area contributed by atoms with E-state index in [-0.39, 0.29) is 18.6 Å². The van der Waals surface area contributed by atoms with Crippen LogP contribution in [-0.2, 0) is 6.42 Å². The van der Waals surface area contributed by atoms with Crippen molar-refractivity contribution in [3.63, 3.8) is 0 Å². The number of hydrogen-bond donors (Lipinski definition) is 2. The lowest BCUT2D eigenvalue weighted by Crippen LogP contribution is -2.38. The molecule has 0 saturated heterocycles. The van der Waals surface area contributed by atoms with Crippen molar-refractivity contribution in [1.29, 1.82) is 0 Å². The Balaban J connectivity index is 2.13. The minimum absolute atomic E-state index is 0.103. The maximum absolute atomic E-state index is 9.68. The Bertz CT molecular complexity index is 298. The molecule has 0 bridgehead atoms. The third-order valence-corrected chi connectivity index (χ3v) is 4.83. The average molecular weight is 240 g/mol. The highest BCUT2D eigenvalue weighted by atomic mass is 32.1. The van der Waals surface area contributed by atoms with Crippen molar-refractivity contribution in [1.82, 2.24) is 0 Å². The molecule has 1 fully saturated rings. The highest BCUT2D eigenvalue weighted by Crippen LogP contribution is 2.42. The van der Waals surface area contributed by atoms with Gasteiger partial charge in [0, 0.05) is 10.3 Å². The van der Waals surface area contributed by atoms with E-state index in [0.29, 0.717) is 5.92 Å². The predicted octanol–water partition coefficient (Wildman–Crippen LogP) is 2.45. The molecule has 2 rings (SSSR count). The molecule has 3 heteroatoms. The molecule has 0 radical (unpaired) electrons. The molecule has 2 N–H and O–H groups in total. The van der Waals surface area contributed by atoms with Crippen molar-refractivity contribution >= 4 is 11.3 Å². The fourth-order valence-corrected chi connectivity index (χ4v) is 3.72. The summed E-state index contributed by atoms with van der Waals surface area (Å²) in [5, 5.41) is 21.4. The summed E-state index contributed by atoms with van der Waals surface area (Å²) < 4.78 is 0. The quantitative estimate of drug-likeness (QED) is 0.830. The molecule has 0 spiro atoms. The van der Waals surface area contributed by atoms with Gasteiger partial charge < -0.3 is 10.2 Å². The SMILES string of the molecule is OCC(CO)(Cc1cccs1)C1CCCC1. The molecule has 1 heterocycles. The highest BCUT2D eigenvalue weighted by Gasteiger charge is 2.39. The van der Waals surface area contributed by atoms with Gasteiger partial charge in [0.1, 0.15) is 0 Å². The van der Waals surface area contributed by atoms with Crippen LogP contribution >= 0.6 is 11.3 Å². The summed E-state index contributed by atoms with van der Waals surface area (Å²) in [6, 6.07) is 4.13. The van der Waals surface area contributed by atoms with Gasteiger partial charge in [0.2, 0.25) is 0 Å². The van der Waals surface area contributed by atoms with Gasteiger partial charge in [0.05, 0.1) is 13.2 Å². The standard InChI is InChI=1S/C13H20O2S/c14-9-13(10-15,11-4-1-2-5-11)8-12-6-3-7-16-12/h3,6-7,11,14-15H,1-2,4-5,8-10H2. The van der Waals surface area contributed by atoms with Crippen LogP contribution in [0.5, 0.6) is 0 Å². The zero-order valence-corrected chi connectivity index (χ0v) is 10.4. The summed E-state index contributed by atoms with van der Waals surface area (Å²) in [5.74, 6) is 0.490. The summed E-state index contributed by atoms with van der Waals surface area (Å²) in [7, 11) is 0. The van der Waals surface area contributed by atoms with E-state index in [4.69, 9.17) is 0 Å². The Morgan fingerprint density at radius 3 is 2.44 bits per heavy atom. The molecule has 90 valence electrons. The third kappa shape index (κ3) is 2.31. The van der Waals surface area contributed by atoms with Gasteiger partial charge in [-0.05, 0) is 36.6 Å². The van der Waals surface area contributed by atoms with Gasteiger partial charge in [-0.1, -0.05) is 18.9 Å². The largest absolute Gasteiger partial charge is 0.396 e. The van der Waals surface area contributed by atoms with E-state index in [1.807, 2.05) is 6.07 Å². The topological polar surface area (TPSA) is 40.5 Å². The molecule has 1 aromatic heterocycles. The molecule has 0 aliphatic heterocycles. The van der Waals surface area contributed by atoms with Crippen molar-refractivity contribution in [2.45, 2.75) is 32.1 Å². The Morgan fingerprint density at radius 1 is 1.25 bits per heavy atom. The van der Waals surface area contributed by atoms with E-state index >= 15 is 0 Å². The minimum atomic E-state index is -0.290. The van der Waals surface area contributed by atoms with Crippen LogP contribution in [-0.4, -0.2) is 23.4 Å². The van der Waals surface area contributed by atoms with Crippen molar-refractivity contribution < 1.29 is 10.2 Å². The first-order valence-corrected chi connectivity index (χ1v) is 6.93. The number of thiophene rings is 1. The predicted molar refractivity (Wildman–Crippen MR) is 66.6 cm³/mol. The monoisotopic (exact) mass is 240 g/mol. The van der Waals surface area contributed by atoms with E-state index in [9.17, 15) is 10.2 Å². The lowest BCUT2D eigenvalue weighted by molar-refractivity contribution is 0.00633. The maximum Gasteiger partial charge on any atom is 0.0515 e. The molecule has 0 amide bonds. The highest BCUT2D eigenvalue weighted by molar-refractivity contribution is 7.09.